The number of halogens is 1. The molecule has 0 bridgehead atoms. The quantitative estimate of drug-likeness (QED) is 0.902. The Bertz CT molecular complexity index is 617. The molecule has 1 aliphatic heterocycles. The fourth-order valence-electron chi connectivity index (χ4n) is 2.58. The Kier molecular flexibility index (Phi) is 4.12. The second kappa shape index (κ2) is 5.88. The summed E-state index contributed by atoms with van der Waals surface area (Å²) in [6.07, 6.45) is 4.13. The van der Waals surface area contributed by atoms with Crippen LogP contribution in [0.25, 0.3) is 0 Å². The Labute approximate surface area is 124 Å². The number of nitrogens with one attached hydrogen (secondary N) is 1. The predicted octanol–water partition coefficient (Wildman–Crippen LogP) is 1.10. The number of hydrogen-bond acceptors (Lipinski definition) is 5. The summed E-state index contributed by atoms with van der Waals surface area (Å²) in [6.45, 7) is 1.65. The van der Waals surface area contributed by atoms with Gasteiger partial charge in [-0.1, -0.05) is 0 Å². The Hall–Kier alpha value is -1.21. The van der Waals surface area contributed by atoms with Crippen molar-refractivity contribution in [1.29, 1.82) is 0 Å². The molecule has 7 heteroatoms. The molecule has 3 rings (SSSR count). The van der Waals surface area contributed by atoms with Crippen LogP contribution in [-0.4, -0.2) is 44.0 Å². The molecule has 0 amide bonds. The fourth-order valence-corrected chi connectivity index (χ4v) is 3.85. The maximum atomic E-state index is 13.5. The molecule has 1 aromatic heterocycles. The van der Waals surface area contributed by atoms with Gasteiger partial charge in [0.1, 0.15) is 11.6 Å². The van der Waals surface area contributed by atoms with Crippen molar-refractivity contribution in [3.8, 4) is 0 Å². The van der Waals surface area contributed by atoms with Crippen LogP contribution in [0, 0.1) is 5.82 Å². The van der Waals surface area contributed by atoms with Gasteiger partial charge in [-0.2, -0.15) is 0 Å². The molecule has 0 radical (unpaired) electrons. The molecule has 1 saturated carbocycles. The number of sulfone groups is 1. The molecular formula is C14H20FN3O2S. The van der Waals surface area contributed by atoms with Gasteiger partial charge < -0.3 is 10.2 Å². The standard InChI is InChI=1S/C14H20FN3O2S/c15-12-8-11(9-16-13-2-3-13)14(17-10-12)18-4-1-6-21(19,20)7-5-18/h8,10,13,16H,1-7,9H2. The van der Waals surface area contributed by atoms with E-state index in [1.54, 1.807) is 0 Å². The van der Waals surface area contributed by atoms with Gasteiger partial charge in [-0.25, -0.2) is 17.8 Å². The molecule has 2 fully saturated rings. The molecule has 0 spiro atoms. The van der Waals surface area contributed by atoms with Crippen molar-refractivity contribution in [2.24, 2.45) is 0 Å². The van der Waals surface area contributed by atoms with Crippen LogP contribution < -0.4 is 10.2 Å². The average Bonchev–Trinajstić information content (AvgIpc) is 3.25. The summed E-state index contributed by atoms with van der Waals surface area (Å²) in [5.41, 5.74) is 0.807. The predicted molar refractivity (Wildman–Crippen MR) is 79.5 cm³/mol. The maximum Gasteiger partial charge on any atom is 0.152 e. The molecule has 0 atom stereocenters. The average molecular weight is 313 g/mol. The minimum atomic E-state index is -2.96. The molecule has 1 aromatic rings. The van der Waals surface area contributed by atoms with Crippen molar-refractivity contribution in [3.63, 3.8) is 0 Å². The summed E-state index contributed by atoms with van der Waals surface area (Å²) in [5, 5.41) is 3.36. The minimum absolute atomic E-state index is 0.140. The molecule has 0 aromatic carbocycles. The van der Waals surface area contributed by atoms with Crippen molar-refractivity contribution in [2.45, 2.75) is 31.8 Å². The number of aromatic nitrogens is 1. The first kappa shape index (κ1) is 14.7. The van der Waals surface area contributed by atoms with E-state index in [9.17, 15) is 12.8 Å². The van der Waals surface area contributed by atoms with Crippen LogP contribution in [0.2, 0.25) is 0 Å². The summed E-state index contributed by atoms with van der Waals surface area (Å²) < 4.78 is 36.8. The Balaban J connectivity index is 1.79. The van der Waals surface area contributed by atoms with Gasteiger partial charge in [0.05, 0.1) is 17.7 Å². The molecule has 1 N–H and O–H groups in total. The van der Waals surface area contributed by atoms with Crippen molar-refractivity contribution in [3.05, 3.63) is 23.6 Å². The zero-order valence-corrected chi connectivity index (χ0v) is 12.7. The van der Waals surface area contributed by atoms with Crippen LogP contribution in [-0.2, 0) is 16.4 Å². The monoisotopic (exact) mass is 313 g/mol. The minimum Gasteiger partial charge on any atom is -0.355 e. The largest absolute Gasteiger partial charge is 0.355 e. The second-order valence-electron chi connectivity index (χ2n) is 5.78. The highest BCUT2D eigenvalue weighted by atomic mass is 32.2. The lowest BCUT2D eigenvalue weighted by molar-refractivity contribution is 0.596. The topological polar surface area (TPSA) is 62.3 Å². The molecule has 2 heterocycles. The van der Waals surface area contributed by atoms with E-state index >= 15 is 0 Å². The van der Waals surface area contributed by atoms with Crippen LogP contribution in [0.4, 0.5) is 10.2 Å². The summed E-state index contributed by atoms with van der Waals surface area (Å²) in [6, 6.07) is 2.03. The first-order valence-corrected chi connectivity index (χ1v) is 9.19. The number of nitrogens with zero attached hydrogens (tertiary/aromatic N) is 2. The highest BCUT2D eigenvalue weighted by molar-refractivity contribution is 7.91. The van der Waals surface area contributed by atoms with E-state index in [-0.39, 0.29) is 17.3 Å². The zero-order chi connectivity index (χ0) is 14.9. The fraction of sp³-hybridized carbons (Fsp3) is 0.643. The second-order valence-corrected chi connectivity index (χ2v) is 8.09. The summed E-state index contributed by atoms with van der Waals surface area (Å²) in [7, 11) is -2.96. The summed E-state index contributed by atoms with van der Waals surface area (Å²) in [4.78, 5) is 6.17. The first-order valence-electron chi connectivity index (χ1n) is 7.37. The lowest BCUT2D eigenvalue weighted by Gasteiger charge is -2.23. The third-order valence-corrected chi connectivity index (χ3v) is 5.64. The highest BCUT2D eigenvalue weighted by Crippen LogP contribution is 2.23. The maximum absolute atomic E-state index is 13.5. The first-order chi connectivity index (χ1) is 10.0. The lowest BCUT2D eigenvalue weighted by Crippen LogP contribution is -2.29. The SMILES string of the molecule is O=S1(=O)CCCN(c2ncc(F)cc2CNC2CC2)CC1. The van der Waals surface area contributed by atoms with Crippen molar-refractivity contribution >= 4 is 15.7 Å². The van der Waals surface area contributed by atoms with Crippen LogP contribution in [0.1, 0.15) is 24.8 Å². The third-order valence-electron chi connectivity index (χ3n) is 3.92. The Morgan fingerprint density at radius 1 is 1.33 bits per heavy atom. The molecule has 2 aliphatic rings. The Morgan fingerprint density at radius 3 is 2.90 bits per heavy atom. The highest BCUT2D eigenvalue weighted by Gasteiger charge is 2.24. The van der Waals surface area contributed by atoms with Gasteiger partial charge in [0.25, 0.3) is 0 Å². The zero-order valence-electron chi connectivity index (χ0n) is 11.9. The number of rotatable bonds is 4. The van der Waals surface area contributed by atoms with Crippen LogP contribution >= 0.6 is 0 Å². The van der Waals surface area contributed by atoms with E-state index in [1.807, 2.05) is 4.90 Å². The van der Waals surface area contributed by atoms with Crippen LogP contribution in [0.5, 0.6) is 0 Å². The van der Waals surface area contributed by atoms with Gasteiger partial charge in [0.2, 0.25) is 0 Å². The molecule has 116 valence electrons. The van der Waals surface area contributed by atoms with Gasteiger partial charge in [0, 0.05) is 31.2 Å². The lowest BCUT2D eigenvalue weighted by atomic mass is 10.2. The molecule has 0 unspecified atom stereocenters. The van der Waals surface area contributed by atoms with E-state index in [0.29, 0.717) is 37.9 Å². The van der Waals surface area contributed by atoms with Crippen LogP contribution in [0.3, 0.4) is 0 Å². The van der Waals surface area contributed by atoms with E-state index in [0.717, 1.165) is 5.56 Å². The van der Waals surface area contributed by atoms with E-state index < -0.39 is 9.84 Å². The van der Waals surface area contributed by atoms with E-state index in [4.69, 9.17) is 0 Å². The summed E-state index contributed by atoms with van der Waals surface area (Å²) >= 11 is 0. The van der Waals surface area contributed by atoms with Crippen molar-refractivity contribution in [2.75, 3.05) is 29.5 Å². The van der Waals surface area contributed by atoms with E-state index in [2.05, 4.69) is 10.3 Å². The van der Waals surface area contributed by atoms with Crippen molar-refractivity contribution in [1.82, 2.24) is 10.3 Å². The van der Waals surface area contributed by atoms with Gasteiger partial charge >= 0.3 is 0 Å². The number of pyridine rings is 1. The third kappa shape index (κ3) is 3.91. The Morgan fingerprint density at radius 2 is 2.14 bits per heavy atom. The molecule has 1 aliphatic carbocycles. The van der Waals surface area contributed by atoms with Gasteiger partial charge in [-0.3, -0.25) is 0 Å². The van der Waals surface area contributed by atoms with Crippen LogP contribution in [0.15, 0.2) is 12.3 Å². The van der Waals surface area contributed by atoms with Crippen molar-refractivity contribution < 1.29 is 12.8 Å². The molecule has 21 heavy (non-hydrogen) atoms. The molecule has 1 saturated heterocycles. The molecule has 5 nitrogen and oxygen atoms in total. The molecular weight excluding hydrogens is 293 g/mol. The van der Waals surface area contributed by atoms with Gasteiger partial charge in [0.15, 0.2) is 9.84 Å². The smallest absolute Gasteiger partial charge is 0.152 e. The normalized spacial score (nSPS) is 22.0. The number of anilines is 1. The van der Waals surface area contributed by atoms with E-state index in [1.165, 1.54) is 25.1 Å². The van der Waals surface area contributed by atoms with Gasteiger partial charge in [-0.05, 0) is 25.3 Å². The summed E-state index contributed by atoms with van der Waals surface area (Å²) in [5.74, 6) is 0.720. The number of hydrogen-bond donors (Lipinski definition) is 1. The van der Waals surface area contributed by atoms with Gasteiger partial charge in [-0.15, -0.1) is 0 Å².